The molecule has 21 heavy (non-hydrogen) atoms. The molecule has 0 spiro atoms. The summed E-state index contributed by atoms with van der Waals surface area (Å²) in [5, 5.41) is 0. The van der Waals surface area contributed by atoms with E-state index in [4.69, 9.17) is 0 Å². The van der Waals surface area contributed by atoms with E-state index in [-0.39, 0.29) is 11.9 Å². The Balaban J connectivity index is 1.95. The number of methoxy groups -OCH3 is 1. The third-order valence-corrected chi connectivity index (χ3v) is 4.07. The van der Waals surface area contributed by atoms with Crippen LogP contribution in [0.4, 0.5) is 0 Å². The minimum Gasteiger partial charge on any atom is -0.469 e. The summed E-state index contributed by atoms with van der Waals surface area (Å²) >= 11 is 0. The smallest absolute Gasteiger partial charge is 0.305 e. The maximum Gasteiger partial charge on any atom is 0.305 e. The van der Waals surface area contributed by atoms with E-state index in [1.54, 1.807) is 0 Å². The third kappa shape index (κ3) is 4.28. The normalized spacial score (nSPS) is 17.8. The van der Waals surface area contributed by atoms with Gasteiger partial charge in [-0.15, -0.1) is 0 Å². The van der Waals surface area contributed by atoms with Crippen LogP contribution < -0.4 is 0 Å². The molecular formula is C18H22O3. The molecule has 112 valence electrons. The Hall–Kier alpha value is -1.90. The van der Waals surface area contributed by atoms with Crippen LogP contribution in [0.1, 0.15) is 36.8 Å². The maximum atomic E-state index is 11.8. The van der Waals surface area contributed by atoms with E-state index in [1.807, 2.05) is 18.2 Å². The zero-order valence-electron chi connectivity index (χ0n) is 12.6. The van der Waals surface area contributed by atoms with Gasteiger partial charge in [-0.2, -0.15) is 0 Å². The van der Waals surface area contributed by atoms with Gasteiger partial charge in [0.1, 0.15) is 5.78 Å². The number of ether oxygens (including phenoxy) is 1. The molecule has 1 aromatic rings. The summed E-state index contributed by atoms with van der Waals surface area (Å²) in [6.45, 7) is 4.10. The van der Waals surface area contributed by atoms with Crippen molar-refractivity contribution in [2.75, 3.05) is 7.11 Å². The second kappa shape index (κ2) is 7.21. The summed E-state index contributed by atoms with van der Waals surface area (Å²) in [5.41, 5.74) is 3.29. The molecule has 1 aromatic carbocycles. The molecule has 1 aliphatic rings. The second-order valence-electron chi connectivity index (χ2n) is 5.64. The first-order chi connectivity index (χ1) is 10.1. The Bertz CT molecular complexity index is 545. The van der Waals surface area contributed by atoms with Crippen molar-refractivity contribution < 1.29 is 14.3 Å². The van der Waals surface area contributed by atoms with E-state index >= 15 is 0 Å². The first-order valence-corrected chi connectivity index (χ1v) is 7.45. The van der Waals surface area contributed by atoms with Crippen molar-refractivity contribution in [1.82, 2.24) is 0 Å². The van der Waals surface area contributed by atoms with E-state index in [9.17, 15) is 9.59 Å². The van der Waals surface area contributed by atoms with Crippen LogP contribution in [-0.2, 0) is 27.2 Å². The van der Waals surface area contributed by atoms with Gasteiger partial charge in [-0.3, -0.25) is 9.59 Å². The zero-order chi connectivity index (χ0) is 15.2. The van der Waals surface area contributed by atoms with Gasteiger partial charge in [0.25, 0.3) is 0 Å². The SMILES string of the molecule is C=C(Cc1cccc(CCC(=O)OC)c1)C1CCCC1=O. The van der Waals surface area contributed by atoms with Gasteiger partial charge < -0.3 is 4.74 Å². The van der Waals surface area contributed by atoms with Crippen molar-refractivity contribution in [1.29, 1.82) is 0 Å². The molecule has 0 heterocycles. The van der Waals surface area contributed by atoms with Gasteiger partial charge in [-0.1, -0.05) is 36.4 Å². The molecule has 3 nitrogen and oxygen atoms in total. The number of esters is 1. The number of ketones is 1. The zero-order valence-corrected chi connectivity index (χ0v) is 12.6. The first-order valence-electron chi connectivity index (χ1n) is 7.45. The standard InChI is InChI=1S/C18H22O3/c1-13(16-7-4-8-17(16)19)11-15-6-3-5-14(12-15)9-10-18(20)21-2/h3,5-6,12,16H,1,4,7-11H2,2H3. The summed E-state index contributed by atoms with van der Waals surface area (Å²) in [5.74, 6) is 0.187. The molecule has 0 aromatic heterocycles. The number of carbonyl (C=O) groups excluding carboxylic acids is 2. The van der Waals surface area contributed by atoms with E-state index in [0.717, 1.165) is 36.0 Å². The van der Waals surface area contributed by atoms with Crippen molar-refractivity contribution in [3.05, 3.63) is 47.5 Å². The Morgan fingerprint density at radius 3 is 2.81 bits per heavy atom. The van der Waals surface area contributed by atoms with Gasteiger partial charge in [0.2, 0.25) is 0 Å². The quantitative estimate of drug-likeness (QED) is 0.595. The fourth-order valence-corrected chi connectivity index (χ4v) is 2.88. The van der Waals surface area contributed by atoms with Crippen molar-refractivity contribution in [3.8, 4) is 0 Å². The molecule has 0 amide bonds. The summed E-state index contributed by atoms with van der Waals surface area (Å²) in [6, 6.07) is 8.14. The van der Waals surface area contributed by atoms with Gasteiger partial charge in [0.05, 0.1) is 7.11 Å². The van der Waals surface area contributed by atoms with Crippen molar-refractivity contribution in [2.24, 2.45) is 5.92 Å². The predicted octanol–water partition coefficient (Wildman–Crippen LogP) is 3.26. The van der Waals surface area contributed by atoms with Gasteiger partial charge in [-0.25, -0.2) is 0 Å². The van der Waals surface area contributed by atoms with Crippen LogP contribution in [0, 0.1) is 5.92 Å². The molecule has 2 rings (SSSR count). The number of aryl methyl sites for hydroxylation is 1. The minimum absolute atomic E-state index is 0.0451. The topological polar surface area (TPSA) is 43.4 Å². The number of carbonyl (C=O) groups is 2. The number of Topliss-reactive ketones (excluding diaryl/α,β-unsaturated/α-hetero) is 1. The van der Waals surface area contributed by atoms with Crippen LogP contribution in [-0.4, -0.2) is 18.9 Å². The fraction of sp³-hybridized carbons (Fsp3) is 0.444. The van der Waals surface area contributed by atoms with Crippen molar-refractivity contribution in [2.45, 2.75) is 38.5 Å². The van der Waals surface area contributed by atoms with E-state index in [0.29, 0.717) is 25.0 Å². The maximum absolute atomic E-state index is 11.8. The lowest BCUT2D eigenvalue weighted by atomic mass is 9.91. The van der Waals surface area contributed by atoms with Crippen LogP contribution in [0.5, 0.6) is 0 Å². The van der Waals surface area contributed by atoms with Crippen LogP contribution in [0.3, 0.4) is 0 Å². The van der Waals surface area contributed by atoms with E-state index in [1.165, 1.54) is 7.11 Å². The van der Waals surface area contributed by atoms with Crippen LogP contribution in [0.15, 0.2) is 36.4 Å². The van der Waals surface area contributed by atoms with Crippen LogP contribution >= 0.6 is 0 Å². The Morgan fingerprint density at radius 2 is 2.14 bits per heavy atom. The molecule has 0 radical (unpaired) electrons. The molecule has 0 saturated heterocycles. The monoisotopic (exact) mass is 286 g/mol. The molecular weight excluding hydrogens is 264 g/mol. The first kappa shape index (κ1) is 15.5. The third-order valence-electron chi connectivity index (χ3n) is 4.07. The lowest BCUT2D eigenvalue weighted by Gasteiger charge is -2.12. The van der Waals surface area contributed by atoms with Crippen LogP contribution in [0.25, 0.3) is 0 Å². The second-order valence-corrected chi connectivity index (χ2v) is 5.64. The molecule has 0 bridgehead atoms. The summed E-state index contributed by atoms with van der Waals surface area (Å²) in [7, 11) is 1.40. The Morgan fingerprint density at radius 1 is 1.38 bits per heavy atom. The molecule has 0 N–H and O–H groups in total. The lowest BCUT2D eigenvalue weighted by molar-refractivity contribution is -0.140. The number of hydrogen-bond donors (Lipinski definition) is 0. The van der Waals surface area contributed by atoms with E-state index < -0.39 is 0 Å². The fourth-order valence-electron chi connectivity index (χ4n) is 2.88. The largest absolute Gasteiger partial charge is 0.469 e. The highest BCUT2D eigenvalue weighted by molar-refractivity contribution is 5.85. The van der Waals surface area contributed by atoms with Crippen molar-refractivity contribution in [3.63, 3.8) is 0 Å². The number of benzene rings is 1. The average Bonchev–Trinajstić information content (AvgIpc) is 2.91. The number of rotatable bonds is 6. The van der Waals surface area contributed by atoms with Gasteiger partial charge in [-0.05, 0) is 36.8 Å². The number of allylic oxidation sites excluding steroid dienone is 1. The van der Waals surface area contributed by atoms with Crippen LogP contribution in [0.2, 0.25) is 0 Å². The van der Waals surface area contributed by atoms with Gasteiger partial charge in [0.15, 0.2) is 0 Å². The highest BCUT2D eigenvalue weighted by atomic mass is 16.5. The molecule has 1 atom stereocenters. The molecule has 3 heteroatoms. The van der Waals surface area contributed by atoms with Crippen molar-refractivity contribution >= 4 is 11.8 Å². The van der Waals surface area contributed by atoms with Gasteiger partial charge in [0, 0.05) is 18.8 Å². The molecule has 1 aliphatic carbocycles. The van der Waals surface area contributed by atoms with E-state index in [2.05, 4.69) is 17.4 Å². The molecule has 1 fully saturated rings. The Kier molecular flexibility index (Phi) is 5.32. The predicted molar refractivity (Wildman–Crippen MR) is 82.0 cm³/mol. The highest BCUT2D eigenvalue weighted by Crippen LogP contribution is 2.29. The number of hydrogen-bond acceptors (Lipinski definition) is 3. The Labute approximate surface area is 126 Å². The minimum atomic E-state index is -0.193. The summed E-state index contributed by atoms with van der Waals surface area (Å²) < 4.78 is 4.66. The highest BCUT2D eigenvalue weighted by Gasteiger charge is 2.26. The molecule has 1 saturated carbocycles. The molecule has 0 aliphatic heterocycles. The van der Waals surface area contributed by atoms with Gasteiger partial charge >= 0.3 is 5.97 Å². The lowest BCUT2D eigenvalue weighted by Crippen LogP contribution is -2.10. The average molecular weight is 286 g/mol. The molecule has 1 unspecified atom stereocenters. The summed E-state index contributed by atoms with van der Waals surface area (Å²) in [6.07, 6.45) is 4.43. The summed E-state index contributed by atoms with van der Waals surface area (Å²) in [4.78, 5) is 23.0.